The molecule has 1 N–H and O–H groups in total. The number of ether oxygens (including phenoxy) is 4. The van der Waals surface area contributed by atoms with Crippen LogP contribution in [0, 0.1) is 0 Å². The molecule has 38 heavy (non-hydrogen) atoms. The van der Waals surface area contributed by atoms with Gasteiger partial charge in [-0.15, -0.1) is 0 Å². The van der Waals surface area contributed by atoms with Crippen molar-refractivity contribution in [2.75, 3.05) is 32.2 Å². The molecule has 8 heteroatoms. The van der Waals surface area contributed by atoms with Gasteiger partial charge in [-0.05, 0) is 57.0 Å². The molecule has 0 aromatic heterocycles. The first kappa shape index (κ1) is 31.7. The Balaban J connectivity index is 2.56. The van der Waals surface area contributed by atoms with Crippen LogP contribution in [0.3, 0.4) is 0 Å². The highest BCUT2D eigenvalue weighted by Crippen LogP contribution is 2.40. The Morgan fingerprint density at radius 3 is 2.00 bits per heavy atom. The molecular weight excluding hydrogens is 502 g/mol. The Morgan fingerprint density at radius 2 is 1.50 bits per heavy atom. The maximum atomic E-state index is 13.5. The highest BCUT2D eigenvalue weighted by molar-refractivity contribution is 8.14. The molecule has 0 unspecified atom stereocenters. The van der Waals surface area contributed by atoms with E-state index in [1.807, 2.05) is 89.2 Å². The Morgan fingerprint density at radius 1 is 0.895 bits per heavy atom. The first-order valence-corrected chi connectivity index (χ1v) is 14.0. The molecule has 0 saturated carbocycles. The number of methoxy groups -OCH3 is 1. The van der Waals surface area contributed by atoms with E-state index in [1.54, 1.807) is 14.0 Å². The van der Waals surface area contributed by atoms with Gasteiger partial charge < -0.3 is 24.3 Å². The van der Waals surface area contributed by atoms with Crippen LogP contribution in [0.5, 0.6) is 5.75 Å². The van der Waals surface area contributed by atoms with E-state index in [1.165, 1.54) is 11.8 Å². The van der Waals surface area contributed by atoms with E-state index in [0.29, 0.717) is 6.42 Å². The number of thioether (sulfide) groups is 1. The van der Waals surface area contributed by atoms with Gasteiger partial charge in [-0.1, -0.05) is 62.9 Å². The van der Waals surface area contributed by atoms with Crippen LogP contribution in [0.4, 0.5) is 5.69 Å². The first-order chi connectivity index (χ1) is 18.1. The molecule has 2 atom stereocenters. The van der Waals surface area contributed by atoms with Crippen molar-refractivity contribution in [1.29, 1.82) is 0 Å². The van der Waals surface area contributed by atoms with Gasteiger partial charge in [0.1, 0.15) is 5.75 Å². The molecule has 0 fully saturated rings. The summed E-state index contributed by atoms with van der Waals surface area (Å²) >= 11 is 1.31. The van der Waals surface area contributed by atoms with E-state index in [0.717, 1.165) is 17.0 Å². The lowest BCUT2D eigenvalue weighted by Crippen LogP contribution is -2.52. The SMILES string of the molecule is CCOC(=O)C(OCC)(OCC)[C@@H](C[C@H](CC(=O)SC(C)(C)C)Nc1ccc(OC)cc1)c1ccccc1. The van der Waals surface area contributed by atoms with Crippen molar-refractivity contribution >= 4 is 28.5 Å². The molecule has 2 rings (SSSR count). The Labute approximate surface area is 232 Å². The van der Waals surface area contributed by atoms with Gasteiger partial charge in [0.05, 0.1) is 19.6 Å². The van der Waals surface area contributed by atoms with Crippen LogP contribution in [0.2, 0.25) is 0 Å². The summed E-state index contributed by atoms with van der Waals surface area (Å²) in [7, 11) is 1.62. The van der Waals surface area contributed by atoms with E-state index in [4.69, 9.17) is 18.9 Å². The van der Waals surface area contributed by atoms with E-state index in [2.05, 4.69) is 5.32 Å². The van der Waals surface area contributed by atoms with E-state index in [9.17, 15) is 9.59 Å². The molecule has 0 heterocycles. The number of carbonyl (C=O) groups is 2. The minimum atomic E-state index is -1.67. The van der Waals surface area contributed by atoms with Crippen LogP contribution in [0.15, 0.2) is 54.6 Å². The second-order valence-corrected chi connectivity index (χ2v) is 11.7. The largest absolute Gasteiger partial charge is 0.497 e. The number of esters is 1. The molecule has 7 nitrogen and oxygen atoms in total. The second kappa shape index (κ2) is 15.1. The minimum absolute atomic E-state index is 0.0601. The van der Waals surface area contributed by atoms with Crippen molar-refractivity contribution in [2.24, 2.45) is 0 Å². The standard InChI is InChI=1S/C30H43NO6S/c1-8-35-28(33)30(36-9-2,37-10-3)26(22-14-12-11-13-15-22)20-24(21-27(32)38-29(4,5)6)31-23-16-18-25(34-7)19-17-23/h11-19,24,26,31H,8-10,20-21H2,1-7H3/t24-,26+/m1/s1. The second-order valence-electron chi connectivity index (χ2n) is 9.81. The molecular formula is C30H43NO6S. The Bertz CT molecular complexity index is 984. The van der Waals surface area contributed by atoms with Gasteiger partial charge in [-0.2, -0.15) is 0 Å². The van der Waals surface area contributed by atoms with Gasteiger partial charge in [-0.25, -0.2) is 4.79 Å². The highest BCUT2D eigenvalue weighted by Gasteiger charge is 2.51. The number of rotatable bonds is 15. The van der Waals surface area contributed by atoms with Crippen molar-refractivity contribution in [3.63, 3.8) is 0 Å². The van der Waals surface area contributed by atoms with Gasteiger partial charge in [0.15, 0.2) is 5.12 Å². The Kier molecular flexibility index (Phi) is 12.6. The van der Waals surface area contributed by atoms with Crippen LogP contribution in [-0.2, 0) is 23.8 Å². The molecule has 0 saturated heterocycles. The number of nitrogens with one attached hydrogen (secondary N) is 1. The molecule has 0 bridgehead atoms. The van der Waals surface area contributed by atoms with Crippen molar-refractivity contribution in [3.8, 4) is 5.75 Å². The van der Waals surface area contributed by atoms with Crippen LogP contribution in [-0.4, -0.2) is 54.6 Å². The molecule has 0 amide bonds. The predicted octanol–water partition coefficient (Wildman–Crippen LogP) is 6.43. The smallest absolute Gasteiger partial charge is 0.367 e. The van der Waals surface area contributed by atoms with Crippen LogP contribution in [0.25, 0.3) is 0 Å². The number of carbonyl (C=O) groups excluding carboxylic acids is 2. The zero-order valence-electron chi connectivity index (χ0n) is 23.7. The normalized spacial score (nSPS) is 13.4. The number of hydrogen-bond donors (Lipinski definition) is 1. The van der Waals surface area contributed by atoms with Crippen LogP contribution >= 0.6 is 11.8 Å². The summed E-state index contributed by atoms with van der Waals surface area (Å²) in [5.41, 5.74) is 1.70. The summed E-state index contributed by atoms with van der Waals surface area (Å²) in [5.74, 6) is -2.05. The third kappa shape index (κ3) is 9.33. The summed E-state index contributed by atoms with van der Waals surface area (Å²) in [5, 5.41) is 3.58. The lowest BCUT2D eigenvalue weighted by atomic mass is 9.83. The molecule has 0 radical (unpaired) electrons. The summed E-state index contributed by atoms with van der Waals surface area (Å²) in [6.07, 6.45) is 0.625. The van der Waals surface area contributed by atoms with Gasteiger partial charge >= 0.3 is 5.97 Å². The molecule has 210 valence electrons. The quantitative estimate of drug-likeness (QED) is 0.202. The molecule has 2 aromatic carbocycles. The van der Waals surface area contributed by atoms with Crippen molar-refractivity contribution in [3.05, 3.63) is 60.2 Å². The predicted molar refractivity (Wildman–Crippen MR) is 154 cm³/mol. The van der Waals surface area contributed by atoms with Crippen molar-refractivity contribution in [1.82, 2.24) is 0 Å². The lowest BCUT2D eigenvalue weighted by molar-refractivity contribution is -0.256. The fraction of sp³-hybridized carbons (Fsp3) is 0.533. The lowest BCUT2D eigenvalue weighted by Gasteiger charge is -2.39. The molecule has 2 aromatic rings. The zero-order chi connectivity index (χ0) is 28.2. The topological polar surface area (TPSA) is 83.1 Å². The molecule has 0 aliphatic carbocycles. The highest BCUT2D eigenvalue weighted by atomic mass is 32.2. The van der Waals surface area contributed by atoms with E-state index < -0.39 is 17.7 Å². The summed E-state index contributed by atoms with van der Waals surface area (Å²) in [6.45, 7) is 12.1. The number of hydrogen-bond acceptors (Lipinski definition) is 8. The molecule has 0 aliphatic rings. The maximum absolute atomic E-state index is 13.5. The third-order valence-electron chi connectivity index (χ3n) is 5.75. The fourth-order valence-corrected chi connectivity index (χ4v) is 5.31. The summed E-state index contributed by atoms with van der Waals surface area (Å²) in [6, 6.07) is 16.9. The van der Waals surface area contributed by atoms with Gasteiger partial charge in [0.25, 0.3) is 5.79 Å². The van der Waals surface area contributed by atoms with Gasteiger partial charge in [-0.3, -0.25) is 4.79 Å². The fourth-order valence-electron chi connectivity index (χ4n) is 4.34. The molecule has 0 spiro atoms. The van der Waals surface area contributed by atoms with Crippen LogP contribution in [0.1, 0.15) is 65.9 Å². The average molecular weight is 546 g/mol. The maximum Gasteiger partial charge on any atom is 0.367 e. The van der Waals surface area contributed by atoms with E-state index >= 15 is 0 Å². The van der Waals surface area contributed by atoms with Gasteiger partial charge in [0, 0.05) is 36.1 Å². The Hall–Kier alpha value is -2.55. The van der Waals surface area contributed by atoms with Crippen molar-refractivity contribution in [2.45, 2.75) is 76.9 Å². The number of benzene rings is 2. The monoisotopic (exact) mass is 545 g/mol. The first-order valence-electron chi connectivity index (χ1n) is 13.2. The summed E-state index contributed by atoms with van der Waals surface area (Å²) in [4.78, 5) is 26.7. The summed E-state index contributed by atoms with van der Waals surface area (Å²) < 4.78 is 22.8. The third-order valence-corrected chi connectivity index (χ3v) is 6.76. The average Bonchev–Trinajstić information content (AvgIpc) is 2.87. The zero-order valence-corrected chi connectivity index (χ0v) is 24.6. The van der Waals surface area contributed by atoms with Gasteiger partial charge in [0.2, 0.25) is 0 Å². The minimum Gasteiger partial charge on any atom is -0.497 e. The van der Waals surface area contributed by atoms with Crippen LogP contribution < -0.4 is 10.1 Å². The van der Waals surface area contributed by atoms with E-state index in [-0.39, 0.29) is 42.1 Å². The molecule has 0 aliphatic heterocycles. The number of anilines is 1. The van der Waals surface area contributed by atoms with Crippen molar-refractivity contribution < 1.29 is 28.5 Å².